The molecule has 1 aromatic rings. The number of aryl methyl sites for hydroxylation is 1. The molecule has 0 saturated carbocycles. The number of hydrogen-bond donors (Lipinski definition) is 0. The maximum absolute atomic E-state index is 12.7. The number of ether oxygens (including phenoxy) is 1. The number of benzene rings is 1. The van der Waals surface area contributed by atoms with E-state index in [0.29, 0.717) is 24.4 Å². The minimum atomic E-state index is -3.44. The largest absolute Gasteiger partial charge is 0.456 e. The van der Waals surface area contributed by atoms with Gasteiger partial charge in [0, 0.05) is 32.6 Å². The van der Waals surface area contributed by atoms with Crippen molar-refractivity contribution in [3.8, 4) is 0 Å². The summed E-state index contributed by atoms with van der Waals surface area (Å²) in [6.07, 6.45) is 7.77. The van der Waals surface area contributed by atoms with Crippen LogP contribution in [-0.4, -0.2) is 62.3 Å². The van der Waals surface area contributed by atoms with Crippen LogP contribution in [-0.2, 0) is 30.8 Å². The highest BCUT2D eigenvalue weighted by Crippen LogP contribution is 2.21. The fourth-order valence-corrected chi connectivity index (χ4v) is 5.47. The van der Waals surface area contributed by atoms with Gasteiger partial charge >= 0.3 is 5.97 Å². The molecule has 2 saturated heterocycles. The summed E-state index contributed by atoms with van der Waals surface area (Å²) in [6, 6.07) is 6.69. The summed E-state index contributed by atoms with van der Waals surface area (Å²) in [6.45, 7) is 2.43. The third-order valence-electron chi connectivity index (χ3n) is 5.81. The van der Waals surface area contributed by atoms with E-state index in [4.69, 9.17) is 4.74 Å². The molecule has 2 fully saturated rings. The van der Waals surface area contributed by atoms with E-state index < -0.39 is 16.0 Å². The average Bonchev–Trinajstić information content (AvgIpc) is 3.06. The van der Waals surface area contributed by atoms with Crippen LogP contribution in [0.5, 0.6) is 0 Å². The van der Waals surface area contributed by atoms with E-state index in [-0.39, 0.29) is 18.9 Å². The predicted molar refractivity (Wildman–Crippen MR) is 113 cm³/mol. The SMILES string of the molecule is O=C(CCc1ccc(S(=O)(=O)N2CCCCC2)cc1)OCC(=O)N1CCCCCC1. The van der Waals surface area contributed by atoms with Gasteiger partial charge in [-0.2, -0.15) is 4.31 Å². The van der Waals surface area contributed by atoms with Gasteiger partial charge in [-0.25, -0.2) is 8.42 Å². The van der Waals surface area contributed by atoms with E-state index in [1.807, 2.05) is 0 Å². The number of sulfonamides is 1. The van der Waals surface area contributed by atoms with Gasteiger partial charge in [-0.1, -0.05) is 31.4 Å². The van der Waals surface area contributed by atoms with Gasteiger partial charge in [-0.3, -0.25) is 9.59 Å². The monoisotopic (exact) mass is 436 g/mol. The van der Waals surface area contributed by atoms with Crippen molar-refractivity contribution in [3.05, 3.63) is 29.8 Å². The van der Waals surface area contributed by atoms with Crippen LogP contribution in [0.15, 0.2) is 29.2 Å². The molecule has 0 atom stereocenters. The average molecular weight is 437 g/mol. The molecule has 30 heavy (non-hydrogen) atoms. The molecule has 166 valence electrons. The zero-order valence-corrected chi connectivity index (χ0v) is 18.4. The molecule has 0 N–H and O–H groups in total. The van der Waals surface area contributed by atoms with E-state index in [0.717, 1.165) is 63.6 Å². The van der Waals surface area contributed by atoms with E-state index in [1.54, 1.807) is 33.5 Å². The van der Waals surface area contributed by atoms with Crippen LogP contribution in [0.4, 0.5) is 0 Å². The summed E-state index contributed by atoms with van der Waals surface area (Å²) in [5.74, 6) is -0.541. The van der Waals surface area contributed by atoms with Crippen molar-refractivity contribution in [3.63, 3.8) is 0 Å². The first-order valence-electron chi connectivity index (χ1n) is 11.0. The second-order valence-corrected chi connectivity index (χ2v) is 10.0. The third kappa shape index (κ3) is 6.28. The van der Waals surface area contributed by atoms with Gasteiger partial charge in [-0.15, -0.1) is 0 Å². The van der Waals surface area contributed by atoms with Crippen molar-refractivity contribution in [1.29, 1.82) is 0 Å². The number of piperidine rings is 1. The molecule has 0 aromatic heterocycles. The summed E-state index contributed by atoms with van der Waals surface area (Å²) < 4.78 is 32.1. The Morgan fingerprint density at radius 3 is 2.03 bits per heavy atom. The molecule has 1 aromatic carbocycles. The molecule has 2 aliphatic rings. The molecule has 0 spiro atoms. The number of hydrogen-bond acceptors (Lipinski definition) is 5. The molecule has 7 nitrogen and oxygen atoms in total. The number of nitrogens with zero attached hydrogens (tertiary/aromatic N) is 2. The zero-order chi connectivity index (χ0) is 21.4. The molecule has 2 aliphatic heterocycles. The van der Waals surface area contributed by atoms with Crippen molar-refractivity contribution < 1.29 is 22.7 Å². The van der Waals surface area contributed by atoms with Crippen LogP contribution >= 0.6 is 0 Å². The molecule has 0 bridgehead atoms. The van der Waals surface area contributed by atoms with Gasteiger partial charge in [-0.05, 0) is 49.8 Å². The Morgan fingerprint density at radius 1 is 0.833 bits per heavy atom. The first-order valence-corrected chi connectivity index (χ1v) is 12.4. The van der Waals surface area contributed by atoms with Crippen LogP contribution in [0.25, 0.3) is 0 Å². The summed E-state index contributed by atoms with van der Waals surface area (Å²) in [7, 11) is -3.44. The zero-order valence-electron chi connectivity index (χ0n) is 17.6. The first-order chi connectivity index (χ1) is 14.5. The number of rotatable bonds is 7. The fourth-order valence-electron chi connectivity index (χ4n) is 3.95. The highest BCUT2D eigenvalue weighted by molar-refractivity contribution is 7.89. The molecule has 8 heteroatoms. The maximum Gasteiger partial charge on any atom is 0.306 e. The highest BCUT2D eigenvalue weighted by Gasteiger charge is 2.25. The smallest absolute Gasteiger partial charge is 0.306 e. The van der Waals surface area contributed by atoms with Gasteiger partial charge in [0.15, 0.2) is 6.61 Å². The number of amides is 1. The minimum Gasteiger partial charge on any atom is -0.456 e. The number of carbonyl (C=O) groups excluding carboxylic acids is 2. The van der Waals surface area contributed by atoms with E-state index in [1.165, 1.54) is 0 Å². The van der Waals surface area contributed by atoms with E-state index in [2.05, 4.69) is 0 Å². The molecule has 3 rings (SSSR count). The van der Waals surface area contributed by atoms with Crippen LogP contribution < -0.4 is 0 Å². The Balaban J connectivity index is 1.44. The molecular weight excluding hydrogens is 404 g/mol. The summed E-state index contributed by atoms with van der Waals surface area (Å²) >= 11 is 0. The topological polar surface area (TPSA) is 84.0 Å². The van der Waals surface area contributed by atoms with Gasteiger partial charge in [0.2, 0.25) is 10.0 Å². The normalized spacial score (nSPS) is 18.6. The molecule has 0 aliphatic carbocycles. The van der Waals surface area contributed by atoms with Crippen molar-refractivity contribution in [2.24, 2.45) is 0 Å². The fraction of sp³-hybridized carbons (Fsp3) is 0.636. The second-order valence-electron chi connectivity index (χ2n) is 8.06. The van der Waals surface area contributed by atoms with Crippen LogP contribution in [0.2, 0.25) is 0 Å². The number of carbonyl (C=O) groups is 2. The lowest BCUT2D eigenvalue weighted by atomic mass is 10.1. The highest BCUT2D eigenvalue weighted by atomic mass is 32.2. The van der Waals surface area contributed by atoms with Gasteiger partial charge in [0.05, 0.1) is 4.90 Å². The summed E-state index contributed by atoms with van der Waals surface area (Å²) in [4.78, 5) is 26.3. The number of esters is 1. The minimum absolute atomic E-state index is 0.127. The Labute approximate surface area is 179 Å². The Bertz CT molecular complexity index is 808. The number of likely N-dealkylation sites (tertiary alicyclic amines) is 1. The van der Waals surface area contributed by atoms with Gasteiger partial charge in [0.25, 0.3) is 5.91 Å². The Kier molecular flexibility index (Phi) is 8.27. The van der Waals surface area contributed by atoms with Gasteiger partial charge < -0.3 is 9.64 Å². The van der Waals surface area contributed by atoms with Crippen molar-refractivity contribution in [2.75, 3.05) is 32.8 Å². The standard InChI is InChI=1S/C22H32N2O5S/c25-21(23-14-4-1-2-5-15-23)18-29-22(26)13-10-19-8-11-20(12-9-19)30(27,28)24-16-6-3-7-17-24/h8-9,11-12H,1-7,10,13-18H2. The lowest BCUT2D eigenvalue weighted by Gasteiger charge is -2.25. The van der Waals surface area contributed by atoms with Crippen molar-refractivity contribution in [1.82, 2.24) is 9.21 Å². The van der Waals surface area contributed by atoms with Crippen molar-refractivity contribution >= 4 is 21.9 Å². The third-order valence-corrected chi connectivity index (χ3v) is 7.72. The summed E-state index contributed by atoms with van der Waals surface area (Å²) in [5, 5.41) is 0. The molecule has 2 heterocycles. The molecule has 0 unspecified atom stereocenters. The lowest BCUT2D eigenvalue weighted by Crippen LogP contribution is -2.35. The Hall–Kier alpha value is -1.93. The maximum atomic E-state index is 12.7. The molecule has 0 radical (unpaired) electrons. The Morgan fingerprint density at radius 2 is 1.40 bits per heavy atom. The lowest BCUT2D eigenvalue weighted by molar-refractivity contribution is -0.152. The van der Waals surface area contributed by atoms with Crippen LogP contribution in [0.1, 0.15) is 56.9 Å². The molecular formula is C22H32N2O5S. The van der Waals surface area contributed by atoms with Crippen LogP contribution in [0, 0.1) is 0 Å². The van der Waals surface area contributed by atoms with E-state index in [9.17, 15) is 18.0 Å². The predicted octanol–water partition coefficient (Wildman–Crippen LogP) is 2.74. The van der Waals surface area contributed by atoms with Crippen molar-refractivity contribution in [2.45, 2.75) is 62.7 Å². The first kappa shape index (κ1) is 22.7. The van der Waals surface area contributed by atoms with E-state index >= 15 is 0 Å². The summed E-state index contributed by atoms with van der Waals surface area (Å²) in [5.41, 5.74) is 0.864. The van der Waals surface area contributed by atoms with Gasteiger partial charge in [0.1, 0.15) is 0 Å². The molecule has 1 amide bonds. The van der Waals surface area contributed by atoms with Crippen LogP contribution in [0.3, 0.4) is 0 Å². The second kappa shape index (κ2) is 10.9. The quantitative estimate of drug-likeness (QED) is 0.614.